The Labute approximate surface area is 158 Å². The quantitative estimate of drug-likeness (QED) is 0.625. The standard InChI is InChI=1S/C19H13ClN2O5/c1-2-7-22-17(24)12-5-3-10(8-14(12)18(22)25)16(23)21-15-9-11(20)4-6-13(15)19(26)27/h2-6,8-9H,1,7H2,(H,21,23)(H,26,27)/p-1. The number of fused-ring (bicyclic) bond motifs is 1. The third-order valence-electron chi connectivity index (χ3n) is 3.99. The van der Waals surface area contributed by atoms with Crippen molar-refractivity contribution in [2.75, 3.05) is 11.9 Å². The number of carboxylic acid groups (broad SMARTS) is 1. The first-order valence-electron chi connectivity index (χ1n) is 7.77. The van der Waals surface area contributed by atoms with E-state index in [-0.39, 0.29) is 39.5 Å². The molecule has 0 atom stereocenters. The van der Waals surface area contributed by atoms with Crippen molar-refractivity contribution < 1.29 is 24.3 Å². The normalized spacial score (nSPS) is 12.7. The van der Waals surface area contributed by atoms with Crippen LogP contribution in [0.1, 0.15) is 41.4 Å². The summed E-state index contributed by atoms with van der Waals surface area (Å²) < 4.78 is 0. The number of amides is 3. The van der Waals surface area contributed by atoms with E-state index in [4.69, 9.17) is 11.6 Å². The average Bonchev–Trinajstić information content (AvgIpc) is 2.86. The predicted octanol–water partition coefficient (Wildman–Crippen LogP) is 1.74. The highest BCUT2D eigenvalue weighted by Crippen LogP contribution is 2.25. The fourth-order valence-electron chi connectivity index (χ4n) is 2.72. The number of carbonyl (C=O) groups excluding carboxylic acids is 4. The summed E-state index contributed by atoms with van der Waals surface area (Å²) >= 11 is 5.85. The third kappa shape index (κ3) is 3.32. The summed E-state index contributed by atoms with van der Waals surface area (Å²) in [7, 11) is 0. The molecule has 1 aliphatic rings. The van der Waals surface area contributed by atoms with Crippen molar-refractivity contribution in [3.8, 4) is 0 Å². The molecule has 8 heteroatoms. The lowest BCUT2D eigenvalue weighted by Gasteiger charge is -2.12. The summed E-state index contributed by atoms with van der Waals surface area (Å²) in [6, 6.07) is 7.89. The number of nitrogens with one attached hydrogen (secondary N) is 1. The van der Waals surface area contributed by atoms with E-state index in [1.165, 1.54) is 42.5 Å². The number of imide groups is 1. The van der Waals surface area contributed by atoms with Gasteiger partial charge in [-0.05, 0) is 36.4 Å². The van der Waals surface area contributed by atoms with Gasteiger partial charge in [-0.15, -0.1) is 6.58 Å². The van der Waals surface area contributed by atoms with E-state index in [2.05, 4.69) is 11.9 Å². The SMILES string of the molecule is C=CCN1C(=O)c2ccc(C(=O)Nc3cc(Cl)ccc3C(=O)[O-])cc2C1=O. The minimum Gasteiger partial charge on any atom is -0.545 e. The molecule has 0 aliphatic carbocycles. The van der Waals surface area contributed by atoms with Gasteiger partial charge in [-0.3, -0.25) is 19.3 Å². The van der Waals surface area contributed by atoms with Crippen LogP contribution in [0.5, 0.6) is 0 Å². The van der Waals surface area contributed by atoms with E-state index in [1.807, 2.05) is 0 Å². The number of rotatable bonds is 5. The molecule has 0 aromatic heterocycles. The molecule has 1 N–H and O–H groups in total. The molecule has 0 radical (unpaired) electrons. The third-order valence-corrected chi connectivity index (χ3v) is 4.23. The molecule has 27 heavy (non-hydrogen) atoms. The number of benzene rings is 2. The monoisotopic (exact) mass is 383 g/mol. The highest BCUT2D eigenvalue weighted by Gasteiger charge is 2.35. The van der Waals surface area contributed by atoms with E-state index in [9.17, 15) is 24.3 Å². The minimum atomic E-state index is -1.48. The fraction of sp³-hybridized carbons (Fsp3) is 0.0526. The van der Waals surface area contributed by atoms with Crippen LogP contribution in [0, 0.1) is 0 Å². The van der Waals surface area contributed by atoms with Crippen LogP contribution in [0.15, 0.2) is 49.1 Å². The second-order valence-corrected chi connectivity index (χ2v) is 6.14. The minimum absolute atomic E-state index is 0.0383. The van der Waals surface area contributed by atoms with Crippen LogP contribution in [0.3, 0.4) is 0 Å². The van der Waals surface area contributed by atoms with Crippen molar-refractivity contribution in [2.24, 2.45) is 0 Å². The maximum absolute atomic E-state index is 12.5. The Morgan fingerprint density at radius 2 is 1.81 bits per heavy atom. The Balaban J connectivity index is 1.92. The lowest BCUT2D eigenvalue weighted by Crippen LogP contribution is -2.29. The second kappa shape index (κ2) is 7.05. The number of hydrogen-bond acceptors (Lipinski definition) is 5. The summed E-state index contributed by atoms with van der Waals surface area (Å²) in [4.78, 5) is 49.2. The van der Waals surface area contributed by atoms with Gasteiger partial charge >= 0.3 is 0 Å². The summed E-state index contributed by atoms with van der Waals surface area (Å²) in [6.07, 6.45) is 1.43. The van der Waals surface area contributed by atoms with Gasteiger partial charge in [-0.25, -0.2) is 0 Å². The van der Waals surface area contributed by atoms with Crippen molar-refractivity contribution in [1.82, 2.24) is 4.90 Å². The molecule has 2 aromatic rings. The largest absolute Gasteiger partial charge is 0.545 e. The van der Waals surface area contributed by atoms with Gasteiger partial charge in [0.25, 0.3) is 17.7 Å². The van der Waals surface area contributed by atoms with Crippen LogP contribution in [0.2, 0.25) is 5.02 Å². The summed E-state index contributed by atoms with van der Waals surface area (Å²) in [6.45, 7) is 3.56. The number of halogens is 1. The fourth-order valence-corrected chi connectivity index (χ4v) is 2.89. The van der Waals surface area contributed by atoms with Crippen LogP contribution in [-0.4, -0.2) is 35.1 Å². The van der Waals surface area contributed by atoms with Crippen LogP contribution < -0.4 is 10.4 Å². The van der Waals surface area contributed by atoms with Gasteiger partial charge in [-0.2, -0.15) is 0 Å². The molecule has 0 saturated carbocycles. The number of carbonyl (C=O) groups is 4. The summed E-state index contributed by atoms with van der Waals surface area (Å²) in [5, 5.41) is 13.8. The molecule has 3 rings (SSSR count). The Bertz CT molecular complexity index is 1020. The van der Waals surface area contributed by atoms with Crippen molar-refractivity contribution >= 4 is 41.0 Å². The maximum atomic E-state index is 12.5. The van der Waals surface area contributed by atoms with E-state index in [0.29, 0.717) is 0 Å². The molecule has 7 nitrogen and oxygen atoms in total. The van der Waals surface area contributed by atoms with Crippen LogP contribution in [-0.2, 0) is 0 Å². The molecule has 1 aliphatic heterocycles. The van der Waals surface area contributed by atoms with Gasteiger partial charge in [0.1, 0.15) is 0 Å². The van der Waals surface area contributed by atoms with E-state index >= 15 is 0 Å². The average molecular weight is 384 g/mol. The molecule has 136 valence electrons. The van der Waals surface area contributed by atoms with Crippen LogP contribution >= 0.6 is 11.6 Å². The number of nitrogens with zero attached hydrogens (tertiary/aromatic N) is 1. The highest BCUT2D eigenvalue weighted by molar-refractivity contribution is 6.31. The Morgan fingerprint density at radius 3 is 2.48 bits per heavy atom. The van der Waals surface area contributed by atoms with Gasteiger partial charge in [0, 0.05) is 22.7 Å². The first kappa shape index (κ1) is 18.3. The van der Waals surface area contributed by atoms with Crippen molar-refractivity contribution in [3.05, 3.63) is 76.3 Å². The van der Waals surface area contributed by atoms with Gasteiger partial charge in [0.2, 0.25) is 0 Å². The second-order valence-electron chi connectivity index (χ2n) is 5.70. The molecule has 0 bridgehead atoms. The predicted molar refractivity (Wildman–Crippen MR) is 95.7 cm³/mol. The van der Waals surface area contributed by atoms with Gasteiger partial charge < -0.3 is 15.2 Å². The van der Waals surface area contributed by atoms with Crippen LogP contribution in [0.25, 0.3) is 0 Å². The van der Waals surface area contributed by atoms with E-state index in [1.54, 1.807) is 0 Å². The van der Waals surface area contributed by atoms with Gasteiger partial charge in [0.15, 0.2) is 0 Å². The van der Waals surface area contributed by atoms with E-state index in [0.717, 1.165) is 4.90 Å². The number of carboxylic acids is 1. The zero-order valence-corrected chi connectivity index (χ0v) is 14.6. The van der Waals surface area contributed by atoms with Gasteiger partial charge in [0.05, 0.1) is 22.8 Å². The molecule has 0 saturated heterocycles. The molecule has 1 heterocycles. The molecule has 0 fully saturated rings. The van der Waals surface area contributed by atoms with Gasteiger partial charge in [-0.1, -0.05) is 17.7 Å². The van der Waals surface area contributed by atoms with Crippen molar-refractivity contribution in [3.63, 3.8) is 0 Å². The Hall–Kier alpha value is -3.45. The van der Waals surface area contributed by atoms with Crippen molar-refractivity contribution in [2.45, 2.75) is 0 Å². The Kier molecular flexibility index (Phi) is 4.79. The van der Waals surface area contributed by atoms with Crippen LogP contribution in [0.4, 0.5) is 5.69 Å². The number of anilines is 1. The zero-order valence-electron chi connectivity index (χ0n) is 13.8. The topological polar surface area (TPSA) is 107 Å². The first-order chi connectivity index (χ1) is 12.8. The van der Waals surface area contributed by atoms with E-state index < -0.39 is 23.7 Å². The lowest BCUT2D eigenvalue weighted by molar-refractivity contribution is -0.254. The maximum Gasteiger partial charge on any atom is 0.261 e. The Morgan fingerprint density at radius 1 is 1.11 bits per heavy atom. The first-order valence-corrected chi connectivity index (χ1v) is 8.14. The zero-order chi connectivity index (χ0) is 19.7. The van der Waals surface area contributed by atoms with Crippen molar-refractivity contribution in [1.29, 1.82) is 0 Å². The highest BCUT2D eigenvalue weighted by atomic mass is 35.5. The molecular formula is C19H12ClN2O5-. The smallest absolute Gasteiger partial charge is 0.261 e. The molecule has 0 unspecified atom stereocenters. The molecular weight excluding hydrogens is 372 g/mol. The molecule has 2 aromatic carbocycles. The molecule has 3 amide bonds. The lowest BCUT2D eigenvalue weighted by atomic mass is 10.0. The summed E-state index contributed by atoms with van der Waals surface area (Å²) in [5.74, 6) is -3.12. The number of aromatic carboxylic acids is 1. The molecule has 0 spiro atoms. The number of hydrogen-bond donors (Lipinski definition) is 1. The summed E-state index contributed by atoms with van der Waals surface area (Å²) in [5.41, 5.74) is 0.0953.